The third-order valence-electron chi connectivity index (χ3n) is 6.68. The molecule has 0 radical (unpaired) electrons. The van der Waals surface area contributed by atoms with E-state index < -0.39 is 10.0 Å². The van der Waals surface area contributed by atoms with Gasteiger partial charge >= 0.3 is 0 Å². The van der Waals surface area contributed by atoms with Gasteiger partial charge in [0.2, 0.25) is 10.0 Å². The molecule has 0 saturated carbocycles. The zero-order valence-electron chi connectivity index (χ0n) is 19.1. The van der Waals surface area contributed by atoms with Gasteiger partial charge in [0.05, 0.1) is 16.8 Å². The van der Waals surface area contributed by atoms with Gasteiger partial charge < -0.3 is 10.2 Å². The fourth-order valence-electron chi connectivity index (χ4n) is 4.39. The molecule has 2 fully saturated rings. The van der Waals surface area contributed by atoms with E-state index in [4.69, 9.17) is 0 Å². The molecule has 1 amide bonds. The van der Waals surface area contributed by atoms with Crippen LogP contribution < -0.4 is 10.2 Å². The minimum Gasteiger partial charge on any atom is -0.357 e. The predicted octanol–water partition coefficient (Wildman–Crippen LogP) is 3.97. The highest BCUT2D eigenvalue weighted by Gasteiger charge is 2.30. The second-order valence-electron chi connectivity index (χ2n) is 9.06. The van der Waals surface area contributed by atoms with Crippen LogP contribution in [0.25, 0.3) is 0 Å². The molecule has 172 valence electrons. The Hall–Kier alpha value is -2.45. The van der Waals surface area contributed by atoms with E-state index in [0.29, 0.717) is 35.8 Å². The van der Waals surface area contributed by atoms with E-state index in [9.17, 15) is 13.2 Å². The number of benzene rings is 1. The van der Waals surface area contributed by atoms with Crippen LogP contribution in [0.4, 0.5) is 11.5 Å². The van der Waals surface area contributed by atoms with E-state index >= 15 is 0 Å². The Morgan fingerprint density at radius 2 is 1.75 bits per heavy atom. The number of nitrogens with zero attached hydrogens (tertiary/aromatic N) is 3. The molecule has 7 nitrogen and oxygen atoms in total. The summed E-state index contributed by atoms with van der Waals surface area (Å²) < 4.78 is 28.2. The number of nitrogens with one attached hydrogen (secondary N) is 1. The van der Waals surface area contributed by atoms with Crippen molar-refractivity contribution in [1.29, 1.82) is 0 Å². The third kappa shape index (κ3) is 4.66. The first kappa shape index (κ1) is 22.7. The van der Waals surface area contributed by atoms with E-state index in [-0.39, 0.29) is 10.8 Å². The molecule has 0 aliphatic carbocycles. The molecule has 2 saturated heterocycles. The summed E-state index contributed by atoms with van der Waals surface area (Å²) in [5, 5.41) is 2.86. The highest BCUT2D eigenvalue weighted by atomic mass is 32.2. The summed E-state index contributed by atoms with van der Waals surface area (Å²) in [4.78, 5) is 19.9. The number of anilines is 2. The summed E-state index contributed by atoms with van der Waals surface area (Å²) in [7, 11) is -3.65. The number of amides is 1. The largest absolute Gasteiger partial charge is 0.357 e. The average Bonchev–Trinajstić information content (AvgIpc) is 3.31. The van der Waals surface area contributed by atoms with Crippen LogP contribution in [-0.2, 0) is 10.0 Å². The fraction of sp³-hybridized carbons (Fsp3) is 0.500. The number of rotatable bonds is 5. The standard InChI is InChI=1S/C24H32N4O3S/c1-17-8-12-28(13-9-17)32(30,31)22-15-20(14-18(2)19(22)3)24(29)26-21-6-7-23(25-16-21)27-10-4-5-11-27/h6-7,14-17H,4-5,8-13H2,1-3H3,(H,26,29). The average molecular weight is 457 g/mol. The summed E-state index contributed by atoms with van der Waals surface area (Å²) in [6.45, 7) is 8.86. The molecule has 3 heterocycles. The van der Waals surface area contributed by atoms with Gasteiger partial charge in [-0.05, 0) is 80.8 Å². The summed E-state index contributed by atoms with van der Waals surface area (Å²) in [5.74, 6) is 1.11. The van der Waals surface area contributed by atoms with Crippen LogP contribution in [-0.4, -0.2) is 49.8 Å². The van der Waals surface area contributed by atoms with Crippen LogP contribution in [0, 0.1) is 19.8 Å². The number of pyridine rings is 1. The van der Waals surface area contributed by atoms with E-state index in [1.54, 1.807) is 23.5 Å². The first-order chi connectivity index (χ1) is 15.3. The number of sulfonamides is 1. The SMILES string of the molecule is Cc1cc(C(=O)Nc2ccc(N3CCCC3)nc2)cc(S(=O)(=O)N2CCC(C)CC2)c1C. The first-order valence-electron chi connectivity index (χ1n) is 11.4. The van der Waals surface area contributed by atoms with Gasteiger partial charge in [-0.15, -0.1) is 0 Å². The van der Waals surface area contributed by atoms with Crippen LogP contribution in [0.5, 0.6) is 0 Å². The molecule has 2 aromatic rings. The van der Waals surface area contributed by atoms with Crippen molar-refractivity contribution >= 4 is 27.4 Å². The third-order valence-corrected chi connectivity index (χ3v) is 8.70. The number of aryl methyl sites for hydroxylation is 1. The smallest absolute Gasteiger partial charge is 0.255 e. The molecule has 1 aromatic carbocycles. The predicted molar refractivity (Wildman–Crippen MR) is 127 cm³/mol. The van der Waals surface area contributed by atoms with Crippen LogP contribution in [0.3, 0.4) is 0 Å². The maximum atomic E-state index is 13.3. The number of hydrogen-bond donors (Lipinski definition) is 1. The molecular formula is C24H32N4O3S. The topological polar surface area (TPSA) is 82.6 Å². The molecule has 2 aliphatic rings. The van der Waals surface area contributed by atoms with Crippen LogP contribution in [0.15, 0.2) is 35.4 Å². The van der Waals surface area contributed by atoms with Crippen molar-refractivity contribution in [2.24, 2.45) is 5.92 Å². The molecular weight excluding hydrogens is 424 g/mol. The molecule has 0 bridgehead atoms. The Morgan fingerprint density at radius 3 is 2.38 bits per heavy atom. The molecule has 4 rings (SSSR count). The lowest BCUT2D eigenvalue weighted by Crippen LogP contribution is -2.38. The number of hydrogen-bond acceptors (Lipinski definition) is 5. The van der Waals surface area contributed by atoms with E-state index in [0.717, 1.165) is 37.3 Å². The summed E-state index contributed by atoms with van der Waals surface area (Å²) in [5.41, 5.74) is 2.40. The maximum absolute atomic E-state index is 13.3. The summed E-state index contributed by atoms with van der Waals surface area (Å²) in [6.07, 6.45) is 5.72. The van der Waals surface area contributed by atoms with Gasteiger partial charge in [0.25, 0.3) is 5.91 Å². The molecule has 8 heteroatoms. The minimum atomic E-state index is -3.65. The lowest BCUT2D eigenvalue weighted by Gasteiger charge is -2.30. The second-order valence-corrected chi connectivity index (χ2v) is 11.0. The first-order valence-corrected chi connectivity index (χ1v) is 12.8. The van der Waals surface area contributed by atoms with Crippen molar-refractivity contribution in [2.75, 3.05) is 36.4 Å². The van der Waals surface area contributed by atoms with Gasteiger partial charge in [0.1, 0.15) is 5.82 Å². The van der Waals surface area contributed by atoms with E-state index in [1.165, 1.54) is 18.9 Å². The van der Waals surface area contributed by atoms with Gasteiger partial charge in [-0.2, -0.15) is 4.31 Å². The molecule has 0 unspecified atom stereocenters. The quantitative estimate of drug-likeness (QED) is 0.736. The molecule has 32 heavy (non-hydrogen) atoms. The number of carbonyl (C=O) groups is 1. The van der Waals surface area contributed by atoms with Crippen molar-refractivity contribution in [3.05, 3.63) is 47.2 Å². The normalized spacial score (nSPS) is 18.2. The van der Waals surface area contributed by atoms with Crippen molar-refractivity contribution in [3.63, 3.8) is 0 Å². The molecule has 0 atom stereocenters. The van der Waals surface area contributed by atoms with Gasteiger partial charge in [-0.25, -0.2) is 13.4 Å². The van der Waals surface area contributed by atoms with Crippen molar-refractivity contribution in [1.82, 2.24) is 9.29 Å². The maximum Gasteiger partial charge on any atom is 0.255 e. The molecule has 0 spiro atoms. The van der Waals surface area contributed by atoms with Crippen LogP contribution >= 0.6 is 0 Å². The lowest BCUT2D eigenvalue weighted by molar-refractivity contribution is 0.102. The van der Waals surface area contributed by atoms with Gasteiger partial charge in [-0.1, -0.05) is 6.92 Å². The second kappa shape index (κ2) is 9.19. The number of carbonyl (C=O) groups excluding carboxylic acids is 1. The Balaban J connectivity index is 1.54. The minimum absolute atomic E-state index is 0.222. The Kier molecular flexibility index (Phi) is 6.53. The van der Waals surface area contributed by atoms with Gasteiger partial charge in [0, 0.05) is 31.7 Å². The fourth-order valence-corrected chi connectivity index (χ4v) is 6.18. The van der Waals surface area contributed by atoms with E-state index in [2.05, 4.69) is 22.1 Å². The van der Waals surface area contributed by atoms with Crippen molar-refractivity contribution < 1.29 is 13.2 Å². The van der Waals surface area contributed by atoms with Crippen LogP contribution in [0.2, 0.25) is 0 Å². The Morgan fingerprint density at radius 1 is 1.06 bits per heavy atom. The summed E-state index contributed by atoms with van der Waals surface area (Å²) >= 11 is 0. The van der Waals surface area contributed by atoms with Crippen molar-refractivity contribution in [3.8, 4) is 0 Å². The summed E-state index contributed by atoms with van der Waals surface area (Å²) in [6, 6.07) is 7.01. The zero-order valence-corrected chi connectivity index (χ0v) is 19.9. The molecule has 1 N–H and O–H groups in total. The number of aromatic nitrogens is 1. The number of piperidine rings is 1. The Labute approximate surface area is 190 Å². The van der Waals surface area contributed by atoms with Gasteiger partial charge in [-0.3, -0.25) is 4.79 Å². The van der Waals surface area contributed by atoms with Crippen LogP contribution in [0.1, 0.15) is 54.1 Å². The zero-order chi connectivity index (χ0) is 22.9. The molecule has 2 aliphatic heterocycles. The van der Waals surface area contributed by atoms with E-state index in [1.807, 2.05) is 19.1 Å². The highest BCUT2D eigenvalue weighted by molar-refractivity contribution is 7.89. The monoisotopic (exact) mass is 456 g/mol. The Bertz CT molecular complexity index is 1080. The highest BCUT2D eigenvalue weighted by Crippen LogP contribution is 2.28. The van der Waals surface area contributed by atoms with Crippen molar-refractivity contribution in [2.45, 2.75) is 51.3 Å². The molecule has 1 aromatic heterocycles. The van der Waals surface area contributed by atoms with Gasteiger partial charge in [0.15, 0.2) is 0 Å². The lowest BCUT2D eigenvalue weighted by atomic mass is 10.0.